The molecule has 0 bridgehead atoms. The first-order valence-corrected chi connectivity index (χ1v) is 11.1. The van der Waals surface area contributed by atoms with Crippen molar-refractivity contribution in [2.75, 3.05) is 16.2 Å². The Morgan fingerprint density at radius 3 is 2.61 bits per heavy atom. The van der Waals surface area contributed by atoms with Gasteiger partial charge in [0.25, 0.3) is 10.0 Å². The van der Waals surface area contributed by atoms with Gasteiger partial charge in [0.05, 0.1) is 4.90 Å². The molecule has 5 nitrogen and oxygen atoms in total. The van der Waals surface area contributed by atoms with Crippen LogP contribution in [0.2, 0.25) is 0 Å². The molecule has 2 aliphatic rings. The zero-order valence-corrected chi connectivity index (χ0v) is 16.6. The second-order valence-corrected chi connectivity index (χ2v) is 9.26. The highest BCUT2D eigenvalue weighted by Gasteiger charge is 2.32. The van der Waals surface area contributed by atoms with Gasteiger partial charge >= 0.3 is 0 Å². The minimum absolute atomic E-state index is 0.0185. The Morgan fingerprint density at radius 1 is 1.14 bits per heavy atom. The van der Waals surface area contributed by atoms with Gasteiger partial charge in [0, 0.05) is 23.8 Å². The molecule has 1 aliphatic heterocycles. The van der Waals surface area contributed by atoms with Crippen LogP contribution in [-0.4, -0.2) is 20.9 Å². The normalized spacial score (nSPS) is 17.0. The molecule has 1 amide bonds. The number of fused-ring (bicyclic) bond motifs is 1. The molecule has 1 saturated carbocycles. The second-order valence-electron chi connectivity index (χ2n) is 7.58. The van der Waals surface area contributed by atoms with Crippen molar-refractivity contribution in [2.24, 2.45) is 5.92 Å². The van der Waals surface area contributed by atoms with Gasteiger partial charge in [-0.3, -0.25) is 9.52 Å². The van der Waals surface area contributed by atoms with Crippen molar-refractivity contribution >= 4 is 27.3 Å². The fourth-order valence-corrected chi connectivity index (χ4v) is 5.22. The Hall–Kier alpha value is -2.41. The standard InChI is InChI=1S/C21H23FN2O3S/c1-14-12-18(7-8-19(14)22)28(26,27)23-17-6-9-20-16(13-17)10-11-24(20)21(25)15-4-2-3-5-15/h6-9,12-13,15,23H,2-5,10-11H2,1H3. The van der Waals surface area contributed by atoms with Crippen LogP contribution in [0.25, 0.3) is 0 Å². The first-order chi connectivity index (χ1) is 13.3. The molecule has 28 heavy (non-hydrogen) atoms. The number of carbonyl (C=O) groups is 1. The molecule has 0 unspecified atom stereocenters. The number of hydrogen-bond donors (Lipinski definition) is 1. The lowest BCUT2D eigenvalue weighted by molar-refractivity contribution is -0.122. The monoisotopic (exact) mass is 402 g/mol. The maximum absolute atomic E-state index is 13.4. The Morgan fingerprint density at radius 2 is 1.89 bits per heavy atom. The Kier molecular flexibility index (Phi) is 4.87. The van der Waals surface area contributed by atoms with Crippen molar-refractivity contribution in [3.8, 4) is 0 Å². The van der Waals surface area contributed by atoms with Crippen molar-refractivity contribution in [3.05, 3.63) is 53.3 Å². The van der Waals surface area contributed by atoms with Gasteiger partial charge in [-0.2, -0.15) is 0 Å². The maximum atomic E-state index is 13.4. The molecule has 4 rings (SSSR count). The van der Waals surface area contributed by atoms with Crippen LogP contribution < -0.4 is 9.62 Å². The largest absolute Gasteiger partial charge is 0.312 e. The molecule has 1 N–H and O–H groups in total. The van der Waals surface area contributed by atoms with Gasteiger partial charge in [-0.25, -0.2) is 12.8 Å². The Bertz CT molecular complexity index is 1030. The molecule has 0 spiro atoms. The van der Waals surface area contributed by atoms with Crippen LogP contribution in [0, 0.1) is 18.7 Å². The van der Waals surface area contributed by atoms with E-state index in [1.54, 1.807) is 12.1 Å². The molecule has 2 aromatic rings. The molecule has 2 aromatic carbocycles. The van der Waals surface area contributed by atoms with E-state index >= 15 is 0 Å². The van der Waals surface area contributed by atoms with Gasteiger partial charge < -0.3 is 4.90 Å². The first kappa shape index (κ1) is 18.9. The van der Waals surface area contributed by atoms with Crippen LogP contribution in [0.1, 0.15) is 36.8 Å². The number of nitrogens with zero attached hydrogens (tertiary/aromatic N) is 1. The number of anilines is 2. The molecule has 148 valence electrons. The van der Waals surface area contributed by atoms with Crippen molar-refractivity contribution in [1.82, 2.24) is 0 Å². The summed E-state index contributed by atoms with van der Waals surface area (Å²) in [6, 6.07) is 8.98. The van der Waals surface area contributed by atoms with E-state index in [0.29, 0.717) is 18.7 Å². The Labute approximate surface area is 164 Å². The number of benzene rings is 2. The summed E-state index contributed by atoms with van der Waals surface area (Å²) in [7, 11) is -3.81. The van der Waals surface area contributed by atoms with Crippen LogP contribution in [0.3, 0.4) is 0 Å². The summed E-state index contributed by atoms with van der Waals surface area (Å²) in [5, 5.41) is 0. The molecule has 1 heterocycles. The van der Waals surface area contributed by atoms with Crippen molar-refractivity contribution in [3.63, 3.8) is 0 Å². The van der Waals surface area contributed by atoms with Gasteiger partial charge in [0.15, 0.2) is 0 Å². The highest BCUT2D eigenvalue weighted by atomic mass is 32.2. The number of hydrogen-bond acceptors (Lipinski definition) is 3. The predicted molar refractivity (Wildman–Crippen MR) is 106 cm³/mol. The molecule has 0 radical (unpaired) electrons. The fraction of sp³-hybridized carbons (Fsp3) is 0.381. The van der Waals surface area contributed by atoms with E-state index in [1.165, 1.54) is 19.1 Å². The molecular weight excluding hydrogens is 379 g/mol. The van der Waals surface area contributed by atoms with Crippen molar-refractivity contribution < 1.29 is 17.6 Å². The summed E-state index contributed by atoms with van der Waals surface area (Å²) in [6.07, 6.45) is 4.85. The van der Waals surface area contributed by atoms with E-state index in [0.717, 1.165) is 43.0 Å². The van der Waals surface area contributed by atoms with Crippen LogP contribution in [-0.2, 0) is 21.2 Å². The van der Waals surface area contributed by atoms with Gasteiger partial charge in [-0.1, -0.05) is 12.8 Å². The summed E-state index contributed by atoms with van der Waals surface area (Å²) in [5.41, 5.74) is 2.55. The lowest BCUT2D eigenvalue weighted by Gasteiger charge is -2.21. The number of sulfonamides is 1. The number of carbonyl (C=O) groups excluding carboxylic acids is 1. The van der Waals surface area contributed by atoms with Gasteiger partial charge in [-0.05, 0) is 73.7 Å². The smallest absolute Gasteiger partial charge is 0.261 e. The van der Waals surface area contributed by atoms with E-state index in [4.69, 9.17) is 0 Å². The average Bonchev–Trinajstić information content (AvgIpc) is 3.32. The van der Waals surface area contributed by atoms with E-state index in [9.17, 15) is 17.6 Å². The van der Waals surface area contributed by atoms with Gasteiger partial charge in [0.2, 0.25) is 5.91 Å². The summed E-state index contributed by atoms with van der Waals surface area (Å²) in [5.74, 6) is -0.138. The summed E-state index contributed by atoms with van der Waals surface area (Å²) < 4.78 is 41.2. The fourth-order valence-electron chi connectivity index (χ4n) is 4.09. The first-order valence-electron chi connectivity index (χ1n) is 9.58. The number of amides is 1. The van der Waals surface area contributed by atoms with E-state index in [2.05, 4.69) is 4.72 Å². The third-order valence-electron chi connectivity index (χ3n) is 5.64. The highest BCUT2D eigenvalue weighted by molar-refractivity contribution is 7.92. The molecule has 1 aliphatic carbocycles. The third-order valence-corrected chi connectivity index (χ3v) is 7.02. The van der Waals surface area contributed by atoms with Crippen LogP contribution in [0.4, 0.5) is 15.8 Å². The Balaban J connectivity index is 1.54. The number of nitrogens with one attached hydrogen (secondary N) is 1. The average molecular weight is 402 g/mol. The van der Waals surface area contributed by atoms with Gasteiger partial charge in [0.1, 0.15) is 5.82 Å². The number of rotatable bonds is 4. The van der Waals surface area contributed by atoms with Gasteiger partial charge in [-0.15, -0.1) is 0 Å². The minimum Gasteiger partial charge on any atom is -0.312 e. The van der Waals surface area contributed by atoms with E-state index in [1.807, 2.05) is 11.0 Å². The van der Waals surface area contributed by atoms with E-state index in [-0.39, 0.29) is 22.3 Å². The topological polar surface area (TPSA) is 66.5 Å². The molecule has 0 aromatic heterocycles. The third kappa shape index (κ3) is 3.51. The van der Waals surface area contributed by atoms with Crippen molar-refractivity contribution in [1.29, 1.82) is 0 Å². The van der Waals surface area contributed by atoms with Crippen LogP contribution in [0.15, 0.2) is 41.3 Å². The SMILES string of the molecule is Cc1cc(S(=O)(=O)Nc2ccc3c(c2)CCN3C(=O)C2CCCC2)ccc1F. The molecule has 1 fully saturated rings. The lowest BCUT2D eigenvalue weighted by Crippen LogP contribution is -2.33. The molecule has 7 heteroatoms. The number of aryl methyl sites for hydroxylation is 1. The van der Waals surface area contributed by atoms with E-state index < -0.39 is 15.8 Å². The maximum Gasteiger partial charge on any atom is 0.261 e. The number of halogens is 1. The predicted octanol–water partition coefficient (Wildman–Crippen LogP) is 4.01. The zero-order valence-electron chi connectivity index (χ0n) is 15.7. The highest BCUT2D eigenvalue weighted by Crippen LogP contribution is 2.35. The molecule has 0 saturated heterocycles. The zero-order chi connectivity index (χ0) is 19.9. The molecule has 0 atom stereocenters. The minimum atomic E-state index is -3.81. The van der Waals surface area contributed by atoms with Crippen LogP contribution in [0.5, 0.6) is 0 Å². The summed E-state index contributed by atoms with van der Waals surface area (Å²) in [6.45, 7) is 2.16. The summed E-state index contributed by atoms with van der Waals surface area (Å²) >= 11 is 0. The molecular formula is C21H23FN2O3S. The second kappa shape index (κ2) is 7.20. The summed E-state index contributed by atoms with van der Waals surface area (Å²) in [4.78, 5) is 14.6. The lowest BCUT2D eigenvalue weighted by atomic mass is 10.1. The van der Waals surface area contributed by atoms with Crippen molar-refractivity contribution in [2.45, 2.75) is 43.9 Å². The quantitative estimate of drug-likeness (QED) is 0.840. The van der Waals surface area contributed by atoms with Crippen LogP contribution >= 0.6 is 0 Å².